The number of nitrogens with one attached hydrogen (secondary N) is 1. The molecule has 0 fully saturated rings. The predicted octanol–water partition coefficient (Wildman–Crippen LogP) is 4.03. The van der Waals surface area contributed by atoms with Gasteiger partial charge in [0.05, 0.1) is 5.52 Å². The average molecular weight is 292 g/mol. The van der Waals surface area contributed by atoms with Crippen molar-refractivity contribution in [3.8, 4) is 0 Å². The van der Waals surface area contributed by atoms with Crippen LogP contribution in [-0.4, -0.2) is 35.6 Å². The van der Waals surface area contributed by atoms with Gasteiger partial charge in [0.2, 0.25) is 0 Å². The normalized spacial score (nSPS) is 12.8. The molecule has 0 radical (unpaired) electrons. The Labute approximate surface area is 126 Å². The topological polar surface area (TPSA) is 28.2 Å². The summed E-state index contributed by atoms with van der Waals surface area (Å²) in [5.74, 6) is 0. The van der Waals surface area contributed by atoms with Gasteiger partial charge in [-0.1, -0.05) is 25.4 Å². The van der Waals surface area contributed by atoms with Crippen molar-refractivity contribution in [2.24, 2.45) is 0 Å². The van der Waals surface area contributed by atoms with Crippen molar-refractivity contribution in [2.75, 3.05) is 25.0 Å². The van der Waals surface area contributed by atoms with Crippen molar-refractivity contribution >= 4 is 28.2 Å². The molecular formula is C16H22ClN3. The predicted molar refractivity (Wildman–Crippen MR) is 87.6 cm³/mol. The van der Waals surface area contributed by atoms with Crippen LogP contribution in [0.3, 0.4) is 0 Å². The molecule has 1 heterocycles. The molecule has 0 aliphatic rings. The number of anilines is 1. The van der Waals surface area contributed by atoms with Gasteiger partial charge in [-0.2, -0.15) is 0 Å². The van der Waals surface area contributed by atoms with Gasteiger partial charge >= 0.3 is 0 Å². The Hall–Kier alpha value is -1.32. The van der Waals surface area contributed by atoms with Crippen LogP contribution in [0.25, 0.3) is 10.9 Å². The van der Waals surface area contributed by atoms with E-state index in [0.717, 1.165) is 41.2 Å². The van der Waals surface area contributed by atoms with Crippen molar-refractivity contribution in [1.82, 2.24) is 9.88 Å². The Bertz CT molecular complexity index is 567. The largest absolute Gasteiger partial charge is 0.383 e. The number of hydrogen-bond donors (Lipinski definition) is 1. The zero-order valence-electron chi connectivity index (χ0n) is 12.4. The second kappa shape index (κ2) is 6.91. The SMILES string of the molecule is CCN(CC)[C@@H](C)CNc1ccnc2cc(Cl)ccc12. The lowest BCUT2D eigenvalue weighted by molar-refractivity contribution is 0.240. The van der Waals surface area contributed by atoms with Gasteiger partial charge in [0, 0.05) is 34.9 Å². The highest BCUT2D eigenvalue weighted by Crippen LogP contribution is 2.24. The third kappa shape index (κ3) is 3.41. The Balaban J connectivity index is 2.14. The van der Waals surface area contributed by atoms with Crippen molar-refractivity contribution in [1.29, 1.82) is 0 Å². The van der Waals surface area contributed by atoms with Gasteiger partial charge in [-0.15, -0.1) is 0 Å². The lowest BCUT2D eigenvalue weighted by Crippen LogP contribution is -2.37. The fourth-order valence-electron chi connectivity index (χ4n) is 2.51. The van der Waals surface area contributed by atoms with Gasteiger partial charge < -0.3 is 5.32 Å². The first-order valence-corrected chi connectivity index (χ1v) is 7.55. The van der Waals surface area contributed by atoms with E-state index in [1.807, 2.05) is 30.5 Å². The van der Waals surface area contributed by atoms with E-state index in [4.69, 9.17) is 11.6 Å². The number of benzene rings is 1. The Morgan fingerprint density at radius 1 is 1.25 bits per heavy atom. The Kier molecular flexibility index (Phi) is 5.21. The lowest BCUT2D eigenvalue weighted by atomic mass is 10.2. The van der Waals surface area contributed by atoms with Gasteiger partial charge in [0.15, 0.2) is 0 Å². The summed E-state index contributed by atoms with van der Waals surface area (Å²) in [6, 6.07) is 8.35. The fourth-order valence-corrected chi connectivity index (χ4v) is 2.68. The second-order valence-corrected chi connectivity index (χ2v) is 5.41. The minimum atomic E-state index is 0.500. The molecule has 3 nitrogen and oxygen atoms in total. The molecule has 20 heavy (non-hydrogen) atoms. The molecule has 0 saturated carbocycles. The zero-order chi connectivity index (χ0) is 14.5. The molecule has 2 rings (SSSR count). The fraction of sp³-hybridized carbons (Fsp3) is 0.438. The highest BCUT2D eigenvalue weighted by atomic mass is 35.5. The van der Waals surface area contributed by atoms with E-state index >= 15 is 0 Å². The molecule has 1 aromatic carbocycles. The maximum absolute atomic E-state index is 6.01. The summed E-state index contributed by atoms with van der Waals surface area (Å²) in [6.07, 6.45) is 1.82. The summed E-state index contributed by atoms with van der Waals surface area (Å²) >= 11 is 6.01. The van der Waals surface area contributed by atoms with E-state index in [-0.39, 0.29) is 0 Å². The molecule has 1 atom stereocenters. The van der Waals surface area contributed by atoms with E-state index in [2.05, 4.69) is 36.0 Å². The van der Waals surface area contributed by atoms with Crippen LogP contribution in [0, 0.1) is 0 Å². The minimum absolute atomic E-state index is 0.500. The van der Waals surface area contributed by atoms with Gasteiger partial charge in [-0.3, -0.25) is 9.88 Å². The molecule has 0 bridgehead atoms. The number of pyridine rings is 1. The first-order valence-electron chi connectivity index (χ1n) is 7.17. The third-order valence-electron chi connectivity index (χ3n) is 3.73. The Morgan fingerprint density at radius 3 is 2.70 bits per heavy atom. The van der Waals surface area contributed by atoms with Crippen molar-refractivity contribution < 1.29 is 0 Å². The van der Waals surface area contributed by atoms with Crippen molar-refractivity contribution in [3.05, 3.63) is 35.5 Å². The summed E-state index contributed by atoms with van der Waals surface area (Å²) in [5.41, 5.74) is 2.05. The van der Waals surface area contributed by atoms with E-state index in [9.17, 15) is 0 Å². The van der Waals surface area contributed by atoms with Gasteiger partial charge in [-0.25, -0.2) is 0 Å². The first kappa shape index (κ1) is 15.1. The standard InChI is InChI=1S/C16H22ClN3/c1-4-20(5-2)12(3)11-19-15-8-9-18-16-10-13(17)6-7-14(15)16/h6-10,12H,4-5,11H2,1-3H3,(H,18,19)/t12-/m0/s1. The van der Waals surface area contributed by atoms with Gasteiger partial charge in [0.1, 0.15) is 0 Å². The van der Waals surface area contributed by atoms with Crippen LogP contribution in [0.1, 0.15) is 20.8 Å². The van der Waals surface area contributed by atoms with E-state index in [1.54, 1.807) is 0 Å². The number of likely N-dealkylation sites (N-methyl/N-ethyl adjacent to an activating group) is 1. The molecule has 1 aromatic heterocycles. The van der Waals surface area contributed by atoms with E-state index in [1.165, 1.54) is 0 Å². The molecule has 0 unspecified atom stereocenters. The van der Waals surface area contributed by atoms with Crippen LogP contribution in [0.15, 0.2) is 30.5 Å². The zero-order valence-corrected chi connectivity index (χ0v) is 13.1. The second-order valence-electron chi connectivity index (χ2n) is 4.97. The van der Waals surface area contributed by atoms with E-state index in [0.29, 0.717) is 6.04 Å². The number of fused-ring (bicyclic) bond motifs is 1. The smallest absolute Gasteiger partial charge is 0.0737 e. The van der Waals surface area contributed by atoms with Crippen LogP contribution in [0.4, 0.5) is 5.69 Å². The number of hydrogen-bond acceptors (Lipinski definition) is 3. The molecule has 4 heteroatoms. The molecule has 0 saturated heterocycles. The molecule has 0 spiro atoms. The summed E-state index contributed by atoms with van der Waals surface area (Å²) in [6.45, 7) is 9.72. The summed E-state index contributed by atoms with van der Waals surface area (Å²) < 4.78 is 0. The quantitative estimate of drug-likeness (QED) is 0.871. The summed E-state index contributed by atoms with van der Waals surface area (Å²) in [5, 5.41) is 5.37. The highest BCUT2D eigenvalue weighted by molar-refractivity contribution is 6.31. The van der Waals surface area contributed by atoms with Crippen LogP contribution in [-0.2, 0) is 0 Å². The molecule has 0 aliphatic heterocycles. The number of aromatic nitrogens is 1. The number of rotatable bonds is 6. The van der Waals surface area contributed by atoms with Crippen molar-refractivity contribution in [3.63, 3.8) is 0 Å². The minimum Gasteiger partial charge on any atom is -0.383 e. The van der Waals surface area contributed by atoms with Crippen molar-refractivity contribution in [2.45, 2.75) is 26.8 Å². The van der Waals surface area contributed by atoms with E-state index < -0.39 is 0 Å². The lowest BCUT2D eigenvalue weighted by Gasteiger charge is -2.27. The molecule has 0 aliphatic carbocycles. The molecule has 1 N–H and O–H groups in total. The molecule has 2 aromatic rings. The van der Waals surface area contributed by atoms with Crippen LogP contribution < -0.4 is 5.32 Å². The maximum atomic E-state index is 6.01. The summed E-state index contributed by atoms with van der Waals surface area (Å²) in [4.78, 5) is 6.80. The monoisotopic (exact) mass is 291 g/mol. The molecule has 108 valence electrons. The number of halogens is 1. The van der Waals surface area contributed by atoms with Crippen LogP contribution in [0.5, 0.6) is 0 Å². The highest BCUT2D eigenvalue weighted by Gasteiger charge is 2.10. The Morgan fingerprint density at radius 2 is 2.00 bits per heavy atom. The maximum Gasteiger partial charge on any atom is 0.0737 e. The van der Waals surface area contributed by atoms with Crippen LogP contribution in [0.2, 0.25) is 5.02 Å². The van der Waals surface area contributed by atoms with Gasteiger partial charge in [-0.05, 0) is 44.3 Å². The summed E-state index contributed by atoms with van der Waals surface area (Å²) in [7, 11) is 0. The first-order chi connectivity index (χ1) is 9.65. The molecular weight excluding hydrogens is 270 g/mol. The average Bonchev–Trinajstić information content (AvgIpc) is 2.45. The molecule has 0 amide bonds. The van der Waals surface area contributed by atoms with Crippen LogP contribution >= 0.6 is 11.6 Å². The number of nitrogens with zero attached hydrogens (tertiary/aromatic N) is 2. The third-order valence-corrected chi connectivity index (χ3v) is 3.96. The van der Waals surface area contributed by atoms with Gasteiger partial charge in [0.25, 0.3) is 0 Å².